The first kappa shape index (κ1) is 16.2. The minimum Gasteiger partial charge on any atom is -0.374 e. The molecule has 2 nitrogen and oxygen atoms in total. The van der Waals surface area contributed by atoms with E-state index in [1.807, 2.05) is 0 Å². The van der Waals surface area contributed by atoms with Gasteiger partial charge in [0.15, 0.2) is 0 Å². The van der Waals surface area contributed by atoms with Gasteiger partial charge in [-0.3, -0.25) is 0 Å². The summed E-state index contributed by atoms with van der Waals surface area (Å²) in [6.45, 7) is 12.5. The Morgan fingerprint density at radius 1 is 1.21 bits per heavy atom. The molecule has 0 aromatic heterocycles. The monoisotopic (exact) mass is 263 g/mol. The van der Waals surface area contributed by atoms with Crippen molar-refractivity contribution in [2.45, 2.75) is 72.3 Å². The minimum absolute atomic E-state index is 0.155. The summed E-state index contributed by atoms with van der Waals surface area (Å²) >= 11 is 0. The number of nitrogens with one attached hydrogen (secondary N) is 1. The fourth-order valence-electron chi connectivity index (χ4n) is 1.92. The van der Waals surface area contributed by atoms with E-state index in [1.165, 1.54) is 17.5 Å². The highest BCUT2D eigenvalue weighted by atomic mass is 16.5. The predicted molar refractivity (Wildman–Crippen MR) is 82.2 cm³/mol. The van der Waals surface area contributed by atoms with Crippen LogP contribution in [0.15, 0.2) is 24.3 Å². The van der Waals surface area contributed by atoms with Crippen LogP contribution in [0.4, 0.5) is 0 Å². The van der Waals surface area contributed by atoms with Crippen molar-refractivity contribution in [2.75, 3.05) is 0 Å². The summed E-state index contributed by atoms with van der Waals surface area (Å²) in [5.74, 6) is 0. The average molecular weight is 263 g/mol. The third-order valence-electron chi connectivity index (χ3n) is 3.04. The van der Waals surface area contributed by atoms with Crippen molar-refractivity contribution in [1.29, 1.82) is 0 Å². The van der Waals surface area contributed by atoms with Crippen LogP contribution in [0.1, 0.15) is 58.6 Å². The van der Waals surface area contributed by atoms with E-state index in [0.29, 0.717) is 12.7 Å². The summed E-state index contributed by atoms with van der Waals surface area (Å²) in [6, 6.07) is 8.65. The highest BCUT2D eigenvalue weighted by molar-refractivity contribution is 5.23. The number of hydrogen-bond acceptors (Lipinski definition) is 2. The Labute approximate surface area is 118 Å². The maximum atomic E-state index is 5.85. The van der Waals surface area contributed by atoms with Crippen LogP contribution in [0.5, 0.6) is 0 Å². The molecule has 0 saturated carbocycles. The molecule has 1 atom stereocenters. The summed E-state index contributed by atoms with van der Waals surface area (Å²) in [4.78, 5) is 0. The molecule has 1 aromatic carbocycles. The molecule has 108 valence electrons. The van der Waals surface area contributed by atoms with E-state index in [2.05, 4.69) is 64.2 Å². The maximum Gasteiger partial charge on any atom is 0.0720 e. The normalized spacial score (nSPS) is 13.5. The molecular formula is C17H29NO. The standard InChI is InChI=1S/C17H29NO/c1-6-8-14(2)19-13-16-10-7-9-15(11-16)12-18-17(3,4)5/h7,9-11,14,18H,6,8,12-13H2,1-5H3. The Bertz CT molecular complexity index is 368. The van der Waals surface area contributed by atoms with Gasteiger partial charge in [-0.1, -0.05) is 37.6 Å². The van der Waals surface area contributed by atoms with E-state index in [-0.39, 0.29) is 5.54 Å². The number of rotatable bonds is 7. The fraction of sp³-hybridized carbons (Fsp3) is 0.647. The molecular weight excluding hydrogens is 234 g/mol. The second-order valence-corrected chi connectivity index (χ2v) is 6.33. The third kappa shape index (κ3) is 7.34. The van der Waals surface area contributed by atoms with Crippen molar-refractivity contribution in [3.05, 3.63) is 35.4 Å². The van der Waals surface area contributed by atoms with Gasteiger partial charge in [0.25, 0.3) is 0 Å². The fourth-order valence-corrected chi connectivity index (χ4v) is 1.92. The lowest BCUT2D eigenvalue weighted by molar-refractivity contribution is 0.0471. The van der Waals surface area contributed by atoms with Gasteiger partial charge in [0.1, 0.15) is 0 Å². The van der Waals surface area contributed by atoms with Crippen molar-refractivity contribution in [3.63, 3.8) is 0 Å². The molecule has 1 unspecified atom stereocenters. The van der Waals surface area contributed by atoms with Crippen LogP contribution in [0, 0.1) is 0 Å². The summed E-state index contributed by atoms with van der Waals surface area (Å²) in [7, 11) is 0. The number of benzene rings is 1. The zero-order valence-corrected chi connectivity index (χ0v) is 13.1. The number of ether oxygens (including phenoxy) is 1. The minimum atomic E-state index is 0.155. The Hall–Kier alpha value is -0.860. The smallest absolute Gasteiger partial charge is 0.0720 e. The average Bonchev–Trinajstić information content (AvgIpc) is 2.34. The second-order valence-electron chi connectivity index (χ2n) is 6.33. The predicted octanol–water partition coefficient (Wildman–Crippen LogP) is 4.28. The first-order valence-corrected chi connectivity index (χ1v) is 7.35. The molecule has 0 bridgehead atoms. The van der Waals surface area contributed by atoms with E-state index in [1.54, 1.807) is 0 Å². The topological polar surface area (TPSA) is 21.3 Å². The van der Waals surface area contributed by atoms with Crippen LogP contribution < -0.4 is 5.32 Å². The van der Waals surface area contributed by atoms with Gasteiger partial charge >= 0.3 is 0 Å². The molecule has 0 spiro atoms. The van der Waals surface area contributed by atoms with Crippen molar-refractivity contribution in [1.82, 2.24) is 5.32 Å². The Kier molecular flexibility index (Phi) is 6.53. The van der Waals surface area contributed by atoms with Gasteiger partial charge < -0.3 is 10.1 Å². The summed E-state index contributed by atoms with van der Waals surface area (Å²) in [5, 5.41) is 3.51. The van der Waals surface area contributed by atoms with E-state index in [0.717, 1.165) is 13.0 Å². The molecule has 0 aliphatic rings. The molecule has 19 heavy (non-hydrogen) atoms. The van der Waals surface area contributed by atoms with E-state index < -0.39 is 0 Å². The lowest BCUT2D eigenvalue weighted by Gasteiger charge is -2.20. The first-order chi connectivity index (χ1) is 8.90. The maximum absolute atomic E-state index is 5.85. The van der Waals surface area contributed by atoms with Crippen LogP contribution >= 0.6 is 0 Å². The molecule has 0 amide bonds. The van der Waals surface area contributed by atoms with Crippen molar-refractivity contribution >= 4 is 0 Å². The molecule has 1 rings (SSSR count). The van der Waals surface area contributed by atoms with E-state index in [9.17, 15) is 0 Å². The van der Waals surface area contributed by atoms with Gasteiger partial charge in [-0.05, 0) is 45.2 Å². The SMILES string of the molecule is CCCC(C)OCc1cccc(CNC(C)(C)C)c1. The zero-order chi connectivity index (χ0) is 14.3. The van der Waals surface area contributed by atoms with Gasteiger partial charge in [0.05, 0.1) is 12.7 Å². The van der Waals surface area contributed by atoms with Gasteiger partial charge in [-0.2, -0.15) is 0 Å². The molecule has 0 radical (unpaired) electrons. The molecule has 0 saturated heterocycles. The second kappa shape index (κ2) is 7.66. The Morgan fingerprint density at radius 2 is 1.89 bits per heavy atom. The van der Waals surface area contributed by atoms with Crippen LogP contribution in [-0.4, -0.2) is 11.6 Å². The lowest BCUT2D eigenvalue weighted by atomic mass is 10.1. The van der Waals surface area contributed by atoms with E-state index in [4.69, 9.17) is 4.74 Å². The summed E-state index contributed by atoms with van der Waals surface area (Å²) < 4.78 is 5.85. The largest absolute Gasteiger partial charge is 0.374 e. The molecule has 0 fully saturated rings. The lowest BCUT2D eigenvalue weighted by Crippen LogP contribution is -2.35. The van der Waals surface area contributed by atoms with Gasteiger partial charge in [0.2, 0.25) is 0 Å². The molecule has 1 aromatic rings. The van der Waals surface area contributed by atoms with Crippen molar-refractivity contribution < 1.29 is 4.74 Å². The zero-order valence-electron chi connectivity index (χ0n) is 13.1. The summed E-state index contributed by atoms with van der Waals surface area (Å²) in [6.07, 6.45) is 2.66. The Morgan fingerprint density at radius 3 is 2.53 bits per heavy atom. The van der Waals surface area contributed by atoms with Crippen LogP contribution in [0.25, 0.3) is 0 Å². The quantitative estimate of drug-likeness (QED) is 0.793. The highest BCUT2D eigenvalue weighted by Gasteiger charge is 2.08. The van der Waals surface area contributed by atoms with Crippen molar-refractivity contribution in [3.8, 4) is 0 Å². The van der Waals surface area contributed by atoms with E-state index >= 15 is 0 Å². The van der Waals surface area contributed by atoms with Gasteiger partial charge in [-0.15, -0.1) is 0 Å². The summed E-state index contributed by atoms with van der Waals surface area (Å²) in [5.41, 5.74) is 2.73. The van der Waals surface area contributed by atoms with Crippen molar-refractivity contribution in [2.24, 2.45) is 0 Å². The molecule has 2 heteroatoms. The Balaban J connectivity index is 2.48. The molecule has 0 aliphatic heterocycles. The molecule has 0 heterocycles. The van der Waals surface area contributed by atoms with Crippen LogP contribution in [-0.2, 0) is 17.9 Å². The molecule has 1 N–H and O–H groups in total. The third-order valence-corrected chi connectivity index (χ3v) is 3.04. The highest BCUT2D eigenvalue weighted by Crippen LogP contribution is 2.11. The van der Waals surface area contributed by atoms with Gasteiger partial charge in [0, 0.05) is 12.1 Å². The van der Waals surface area contributed by atoms with Gasteiger partial charge in [-0.25, -0.2) is 0 Å². The van der Waals surface area contributed by atoms with Crippen LogP contribution in [0.3, 0.4) is 0 Å². The molecule has 0 aliphatic carbocycles. The van der Waals surface area contributed by atoms with Crippen LogP contribution in [0.2, 0.25) is 0 Å². The number of hydrogen-bond donors (Lipinski definition) is 1. The first-order valence-electron chi connectivity index (χ1n) is 7.35.